The third kappa shape index (κ3) is 2.44. The first-order valence-corrected chi connectivity index (χ1v) is 7.86. The highest BCUT2D eigenvalue weighted by molar-refractivity contribution is 8.03. The van der Waals surface area contributed by atoms with E-state index in [-0.39, 0.29) is 5.91 Å². The number of allylic oxidation sites excluding steroid dienone is 1. The van der Waals surface area contributed by atoms with E-state index in [1.807, 2.05) is 11.0 Å². The first-order chi connectivity index (χ1) is 9.29. The van der Waals surface area contributed by atoms with E-state index in [4.69, 9.17) is 0 Å². The number of hydrogen-bond acceptors (Lipinski definition) is 2. The van der Waals surface area contributed by atoms with E-state index in [0.717, 1.165) is 25.1 Å². The van der Waals surface area contributed by atoms with Gasteiger partial charge in [0.25, 0.3) is 5.91 Å². The van der Waals surface area contributed by atoms with E-state index in [2.05, 4.69) is 31.2 Å². The molecule has 0 N–H and O–H groups in total. The van der Waals surface area contributed by atoms with E-state index in [9.17, 15) is 4.79 Å². The Morgan fingerprint density at radius 1 is 1.32 bits per heavy atom. The molecular weight excluding hydrogens is 254 g/mol. The zero-order valence-electron chi connectivity index (χ0n) is 11.3. The van der Waals surface area contributed by atoms with Gasteiger partial charge in [-0.05, 0) is 43.2 Å². The molecule has 0 aromatic heterocycles. The van der Waals surface area contributed by atoms with E-state index in [1.54, 1.807) is 11.8 Å². The van der Waals surface area contributed by atoms with Crippen LogP contribution in [0.25, 0.3) is 0 Å². The van der Waals surface area contributed by atoms with Crippen molar-refractivity contribution in [1.29, 1.82) is 0 Å². The van der Waals surface area contributed by atoms with Crippen molar-refractivity contribution < 1.29 is 4.79 Å². The number of thioether (sulfide) groups is 1. The molecule has 0 unspecified atom stereocenters. The molecule has 1 heterocycles. The Bertz CT molecular complexity index is 509. The van der Waals surface area contributed by atoms with Crippen molar-refractivity contribution in [1.82, 2.24) is 4.90 Å². The van der Waals surface area contributed by atoms with Crippen molar-refractivity contribution in [3.8, 4) is 0 Å². The molecule has 0 spiro atoms. The number of likely N-dealkylation sites (tertiary alicyclic amines) is 1. The summed E-state index contributed by atoms with van der Waals surface area (Å²) in [7, 11) is 0. The van der Waals surface area contributed by atoms with Crippen molar-refractivity contribution in [2.75, 3.05) is 13.1 Å². The van der Waals surface area contributed by atoms with Crippen molar-refractivity contribution in [2.45, 2.75) is 31.1 Å². The van der Waals surface area contributed by atoms with Crippen LogP contribution in [0.2, 0.25) is 0 Å². The maximum Gasteiger partial charge on any atom is 0.250 e. The van der Waals surface area contributed by atoms with Crippen LogP contribution < -0.4 is 0 Å². The standard InChI is InChI=1S/C16H19NOS/c1-2-17-11-12-7-6-10-14(15(12)16(17)18)19-13-8-4-3-5-9-13/h3-5,8-9,12H,2,6-7,10-11H2,1H3/t12-/m0/s1. The zero-order valence-corrected chi connectivity index (χ0v) is 12.1. The van der Waals surface area contributed by atoms with Gasteiger partial charge in [0.1, 0.15) is 0 Å². The summed E-state index contributed by atoms with van der Waals surface area (Å²) < 4.78 is 0. The summed E-state index contributed by atoms with van der Waals surface area (Å²) in [6, 6.07) is 10.4. The minimum Gasteiger partial charge on any atom is -0.339 e. The Labute approximate surface area is 118 Å². The Hall–Kier alpha value is -1.22. The van der Waals surface area contributed by atoms with Crippen molar-refractivity contribution in [3.05, 3.63) is 40.8 Å². The van der Waals surface area contributed by atoms with Crippen LogP contribution in [-0.4, -0.2) is 23.9 Å². The monoisotopic (exact) mass is 273 g/mol. The fourth-order valence-electron chi connectivity index (χ4n) is 3.02. The molecule has 1 amide bonds. The first-order valence-electron chi connectivity index (χ1n) is 7.04. The number of fused-ring (bicyclic) bond motifs is 1. The number of rotatable bonds is 3. The van der Waals surface area contributed by atoms with Crippen LogP contribution >= 0.6 is 11.8 Å². The minimum absolute atomic E-state index is 0.283. The van der Waals surface area contributed by atoms with Crippen LogP contribution in [0.15, 0.2) is 45.7 Å². The van der Waals surface area contributed by atoms with E-state index in [0.29, 0.717) is 5.92 Å². The fraction of sp³-hybridized carbons (Fsp3) is 0.438. The van der Waals surface area contributed by atoms with Crippen LogP contribution in [0.3, 0.4) is 0 Å². The lowest BCUT2D eigenvalue weighted by molar-refractivity contribution is -0.124. The van der Waals surface area contributed by atoms with Gasteiger partial charge in [0.15, 0.2) is 0 Å². The van der Waals surface area contributed by atoms with Gasteiger partial charge in [-0.15, -0.1) is 0 Å². The highest BCUT2D eigenvalue weighted by Crippen LogP contribution is 2.43. The minimum atomic E-state index is 0.283. The van der Waals surface area contributed by atoms with Crippen LogP contribution in [0.1, 0.15) is 26.2 Å². The average molecular weight is 273 g/mol. The van der Waals surface area contributed by atoms with E-state index >= 15 is 0 Å². The van der Waals surface area contributed by atoms with Crippen LogP contribution in [-0.2, 0) is 4.79 Å². The predicted octanol–water partition coefficient (Wildman–Crippen LogP) is 3.70. The summed E-state index contributed by atoms with van der Waals surface area (Å²) in [4.78, 5) is 17.0. The summed E-state index contributed by atoms with van der Waals surface area (Å²) in [5, 5.41) is 0. The van der Waals surface area contributed by atoms with Gasteiger partial charge in [-0.25, -0.2) is 0 Å². The summed E-state index contributed by atoms with van der Waals surface area (Å²) in [5.74, 6) is 0.762. The molecule has 0 bridgehead atoms. The second-order valence-corrected chi connectivity index (χ2v) is 6.35. The first kappa shape index (κ1) is 12.8. The van der Waals surface area contributed by atoms with Gasteiger partial charge in [0.2, 0.25) is 0 Å². The molecular formula is C16H19NOS. The average Bonchev–Trinajstić information content (AvgIpc) is 2.78. The smallest absolute Gasteiger partial charge is 0.250 e. The SMILES string of the molecule is CCN1C[C@@H]2CCCC(Sc3ccccc3)=C2C1=O. The molecule has 1 saturated heterocycles. The molecule has 3 heteroatoms. The molecule has 2 aliphatic rings. The number of benzene rings is 1. The van der Waals surface area contributed by atoms with Crippen molar-refractivity contribution in [3.63, 3.8) is 0 Å². The van der Waals surface area contributed by atoms with E-state index in [1.165, 1.54) is 22.6 Å². The summed E-state index contributed by atoms with van der Waals surface area (Å²) in [6.07, 6.45) is 3.46. The maximum absolute atomic E-state index is 12.4. The highest BCUT2D eigenvalue weighted by atomic mass is 32.2. The summed E-state index contributed by atoms with van der Waals surface area (Å²) >= 11 is 1.79. The van der Waals surface area contributed by atoms with Crippen LogP contribution in [0, 0.1) is 5.92 Å². The Morgan fingerprint density at radius 2 is 2.11 bits per heavy atom. The van der Waals surface area contributed by atoms with Gasteiger partial charge in [0.05, 0.1) is 0 Å². The van der Waals surface area contributed by atoms with Crippen LogP contribution in [0.4, 0.5) is 0 Å². The van der Waals surface area contributed by atoms with Crippen LogP contribution in [0.5, 0.6) is 0 Å². The molecule has 1 aromatic carbocycles. The maximum atomic E-state index is 12.4. The third-order valence-electron chi connectivity index (χ3n) is 3.99. The largest absolute Gasteiger partial charge is 0.339 e. The van der Waals surface area contributed by atoms with Gasteiger partial charge in [-0.3, -0.25) is 4.79 Å². The topological polar surface area (TPSA) is 20.3 Å². The molecule has 0 radical (unpaired) electrons. The van der Waals surface area contributed by atoms with Gasteiger partial charge in [-0.1, -0.05) is 30.0 Å². The Kier molecular flexibility index (Phi) is 3.65. The van der Waals surface area contributed by atoms with Crippen molar-refractivity contribution in [2.24, 2.45) is 5.92 Å². The normalized spacial score (nSPS) is 22.9. The number of carbonyl (C=O) groups excluding carboxylic acids is 1. The molecule has 0 saturated carbocycles. The number of amides is 1. The zero-order chi connectivity index (χ0) is 13.2. The van der Waals surface area contributed by atoms with Crippen molar-refractivity contribution >= 4 is 17.7 Å². The molecule has 19 heavy (non-hydrogen) atoms. The van der Waals surface area contributed by atoms with Gasteiger partial charge < -0.3 is 4.90 Å². The quantitative estimate of drug-likeness (QED) is 0.837. The Morgan fingerprint density at radius 3 is 2.84 bits per heavy atom. The lowest BCUT2D eigenvalue weighted by atomic mass is 9.90. The summed E-state index contributed by atoms with van der Waals surface area (Å²) in [5.41, 5.74) is 1.11. The number of carbonyl (C=O) groups is 1. The van der Waals surface area contributed by atoms with Gasteiger partial charge in [-0.2, -0.15) is 0 Å². The Balaban J connectivity index is 1.90. The molecule has 1 fully saturated rings. The molecule has 100 valence electrons. The number of likely N-dealkylation sites (N-methyl/N-ethyl adjacent to an activating group) is 1. The molecule has 1 aliphatic heterocycles. The number of hydrogen-bond donors (Lipinski definition) is 0. The lowest BCUT2D eigenvalue weighted by Gasteiger charge is -2.20. The second-order valence-electron chi connectivity index (χ2n) is 5.18. The molecule has 1 aliphatic carbocycles. The van der Waals surface area contributed by atoms with Gasteiger partial charge >= 0.3 is 0 Å². The molecule has 2 nitrogen and oxygen atoms in total. The molecule has 1 atom stereocenters. The molecule has 3 rings (SSSR count). The molecule has 1 aromatic rings. The third-order valence-corrected chi connectivity index (χ3v) is 5.17. The lowest BCUT2D eigenvalue weighted by Crippen LogP contribution is -2.24. The number of nitrogens with zero attached hydrogens (tertiary/aromatic N) is 1. The van der Waals surface area contributed by atoms with E-state index < -0.39 is 0 Å². The second kappa shape index (κ2) is 5.41. The fourth-order valence-corrected chi connectivity index (χ4v) is 4.21. The highest BCUT2D eigenvalue weighted by Gasteiger charge is 2.38. The summed E-state index contributed by atoms with van der Waals surface area (Å²) in [6.45, 7) is 3.84. The van der Waals surface area contributed by atoms with Gasteiger partial charge in [0, 0.05) is 29.5 Å². The predicted molar refractivity (Wildman–Crippen MR) is 78.9 cm³/mol.